The third-order valence-electron chi connectivity index (χ3n) is 5.29. The van der Waals surface area contributed by atoms with E-state index in [0.29, 0.717) is 18.5 Å². The van der Waals surface area contributed by atoms with E-state index in [-0.39, 0.29) is 0 Å². The van der Waals surface area contributed by atoms with Crippen molar-refractivity contribution in [2.45, 2.75) is 37.8 Å². The maximum absolute atomic E-state index is 5.40. The maximum atomic E-state index is 5.40. The van der Waals surface area contributed by atoms with Crippen LogP contribution in [0, 0.1) is 0 Å². The molecule has 1 aliphatic carbocycles. The van der Waals surface area contributed by atoms with Gasteiger partial charge in [-0.2, -0.15) is 9.50 Å². The molecule has 0 amide bonds. The fourth-order valence-corrected chi connectivity index (χ4v) is 3.31. The number of anilines is 1. The minimum Gasteiger partial charge on any atom is -0.352 e. The number of nitrogens with zero attached hydrogens (tertiary/aromatic N) is 8. The van der Waals surface area contributed by atoms with E-state index in [2.05, 4.69) is 42.3 Å². The van der Waals surface area contributed by atoms with E-state index in [4.69, 9.17) is 4.52 Å². The molecule has 0 spiro atoms. The normalized spacial score (nSPS) is 18.7. The van der Waals surface area contributed by atoms with Crippen molar-refractivity contribution in [3.63, 3.8) is 0 Å². The summed E-state index contributed by atoms with van der Waals surface area (Å²) in [7, 11) is 2.11. The summed E-state index contributed by atoms with van der Waals surface area (Å²) in [5, 5.41) is 16.5. The molecule has 9 nitrogen and oxygen atoms in total. The summed E-state index contributed by atoms with van der Waals surface area (Å²) >= 11 is 0. The van der Waals surface area contributed by atoms with Crippen LogP contribution in [0.25, 0.3) is 5.65 Å². The topological polar surface area (TPSA) is 88.5 Å². The molecule has 4 heterocycles. The Morgan fingerprint density at radius 1 is 1.28 bits per heavy atom. The molecule has 0 aromatic carbocycles. The first-order valence-corrected chi connectivity index (χ1v) is 8.71. The minimum atomic E-state index is 0.462. The second-order valence-corrected chi connectivity index (χ2v) is 6.98. The zero-order valence-electron chi connectivity index (χ0n) is 14.1. The standard InChI is InChI=1S/C16H20N8O/c1-22(9-13-18-16(25-21-13)11-3-2-4-11)12-7-23(8-12)15-6-5-14-19-17-10-24(14)20-15/h5-6,10-12H,2-4,7-9H2,1H3. The molecule has 1 aliphatic heterocycles. The Morgan fingerprint density at radius 3 is 2.96 bits per heavy atom. The van der Waals surface area contributed by atoms with Gasteiger partial charge < -0.3 is 9.42 Å². The predicted octanol–water partition coefficient (Wildman–Crippen LogP) is 1.10. The summed E-state index contributed by atoms with van der Waals surface area (Å²) in [5.41, 5.74) is 0.761. The SMILES string of the molecule is CN(Cc1noc(C2CCC2)n1)C1CN(c2ccc3nncn3n2)C1. The number of rotatable bonds is 5. The predicted molar refractivity (Wildman–Crippen MR) is 89.1 cm³/mol. The van der Waals surface area contributed by atoms with Crippen LogP contribution in [-0.2, 0) is 6.54 Å². The van der Waals surface area contributed by atoms with Gasteiger partial charge in [-0.1, -0.05) is 11.6 Å². The van der Waals surface area contributed by atoms with Gasteiger partial charge in [0.15, 0.2) is 11.5 Å². The summed E-state index contributed by atoms with van der Waals surface area (Å²) in [6, 6.07) is 4.39. The van der Waals surface area contributed by atoms with Crippen LogP contribution >= 0.6 is 0 Å². The zero-order chi connectivity index (χ0) is 16.8. The highest BCUT2D eigenvalue weighted by Gasteiger charge is 2.32. The number of hydrogen-bond acceptors (Lipinski definition) is 8. The molecule has 0 bridgehead atoms. The Hall–Kier alpha value is -2.55. The average molecular weight is 340 g/mol. The van der Waals surface area contributed by atoms with Crippen molar-refractivity contribution in [3.05, 3.63) is 30.2 Å². The van der Waals surface area contributed by atoms with Crippen molar-refractivity contribution in [1.29, 1.82) is 0 Å². The van der Waals surface area contributed by atoms with E-state index in [0.717, 1.165) is 36.3 Å². The van der Waals surface area contributed by atoms with Crippen LogP contribution in [0.5, 0.6) is 0 Å². The zero-order valence-corrected chi connectivity index (χ0v) is 14.1. The minimum absolute atomic E-state index is 0.462. The van der Waals surface area contributed by atoms with Crippen LogP contribution in [-0.4, -0.2) is 61.0 Å². The smallest absolute Gasteiger partial charge is 0.229 e. The molecule has 2 fully saturated rings. The molecule has 130 valence electrons. The quantitative estimate of drug-likeness (QED) is 0.682. The number of hydrogen-bond donors (Lipinski definition) is 0. The molecule has 0 atom stereocenters. The number of likely N-dealkylation sites (N-methyl/N-ethyl adjacent to an activating group) is 1. The molecule has 25 heavy (non-hydrogen) atoms. The molecule has 9 heteroatoms. The summed E-state index contributed by atoms with van der Waals surface area (Å²) in [5.74, 6) is 3.04. The van der Waals surface area contributed by atoms with E-state index in [1.54, 1.807) is 10.8 Å². The molecule has 1 saturated carbocycles. The first-order chi connectivity index (χ1) is 12.3. The van der Waals surface area contributed by atoms with Crippen LogP contribution in [0.3, 0.4) is 0 Å². The first-order valence-electron chi connectivity index (χ1n) is 8.71. The van der Waals surface area contributed by atoms with Crippen molar-refractivity contribution in [3.8, 4) is 0 Å². The van der Waals surface area contributed by atoms with Crippen molar-refractivity contribution in [1.82, 2.24) is 34.9 Å². The Kier molecular flexibility index (Phi) is 3.40. The second kappa shape index (κ2) is 5.76. The summed E-state index contributed by atoms with van der Waals surface area (Å²) in [6.45, 7) is 2.58. The molecule has 2 aliphatic rings. The van der Waals surface area contributed by atoms with Crippen LogP contribution in [0.2, 0.25) is 0 Å². The Labute approximate surface area is 144 Å². The second-order valence-electron chi connectivity index (χ2n) is 6.98. The Balaban J connectivity index is 1.18. The van der Waals surface area contributed by atoms with Gasteiger partial charge in [0.25, 0.3) is 0 Å². The van der Waals surface area contributed by atoms with Gasteiger partial charge in [-0.05, 0) is 32.0 Å². The van der Waals surface area contributed by atoms with Crippen LogP contribution in [0.4, 0.5) is 5.82 Å². The van der Waals surface area contributed by atoms with Crippen molar-refractivity contribution in [2.24, 2.45) is 0 Å². The molecular weight excluding hydrogens is 320 g/mol. The van der Waals surface area contributed by atoms with Crippen molar-refractivity contribution >= 4 is 11.5 Å². The van der Waals surface area contributed by atoms with Gasteiger partial charge in [-0.15, -0.1) is 15.3 Å². The van der Waals surface area contributed by atoms with E-state index in [1.807, 2.05) is 12.1 Å². The average Bonchev–Trinajstić information content (AvgIpc) is 3.13. The molecular formula is C16H20N8O. The molecule has 0 radical (unpaired) electrons. The van der Waals surface area contributed by atoms with Crippen molar-refractivity contribution < 1.29 is 4.52 Å². The summed E-state index contributed by atoms with van der Waals surface area (Å²) in [6.07, 6.45) is 5.25. The molecule has 0 unspecified atom stereocenters. The highest BCUT2D eigenvalue weighted by atomic mass is 16.5. The van der Waals surface area contributed by atoms with E-state index < -0.39 is 0 Å². The lowest BCUT2D eigenvalue weighted by molar-refractivity contribution is 0.190. The lowest BCUT2D eigenvalue weighted by atomic mass is 9.85. The monoisotopic (exact) mass is 340 g/mol. The van der Waals surface area contributed by atoms with Gasteiger partial charge in [-0.25, -0.2) is 0 Å². The Bertz CT molecular complexity index is 879. The van der Waals surface area contributed by atoms with Crippen LogP contribution in [0.15, 0.2) is 23.0 Å². The van der Waals surface area contributed by atoms with Gasteiger partial charge in [-0.3, -0.25) is 4.90 Å². The number of fused-ring (bicyclic) bond motifs is 1. The summed E-state index contributed by atoms with van der Waals surface area (Å²) in [4.78, 5) is 9.08. The molecule has 1 saturated heterocycles. The maximum Gasteiger partial charge on any atom is 0.229 e. The lowest BCUT2D eigenvalue weighted by Gasteiger charge is -2.44. The third-order valence-corrected chi connectivity index (χ3v) is 5.29. The van der Waals surface area contributed by atoms with Gasteiger partial charge in [0.05, 0.1) is 6.54 Å². The molecule has 5 rings (SSSR count). The third kappa shape index (κ3) is 2.64. The van der Waals surface area contributed by atoms with E-state index >= 15 is 0 Å². The number of aromatic nitrogens is 6. The first kappa shape index (κ1) is 14.8. The fourth-order valence-electron chi connectivity index (χ4n) is 3.31. The van der Waals surface area contributed by atoms with Crippen LogP contribution < -0.4 is 4.90 Å². The molecule has 3 aromatic heterocycles. The molecule has 3 aromatic rings. The Morgan fingerprint density at radius 2 is 2.16 bits per heavy atom. The van der Waals surface area contributed by atoms with E-state index in [9.17, 15) is 0 Å². The molecule has 0 N–H and O–H groups in total. The van der Waals surface area contributed by atoms with Gasteiger partial charge in [0.1, 0.15) is 12.1 Å². The van der Waals surface area contributed by atoms with Crippen LogP contribution in [0.1, 0.15) is 36.9 Å². The van der Waals surface area contributed by atoms with Gasteiger partial charge in [0.2, 0.25) is 5.89 Å². The highest BCUT2D eigenvalue weighted by molar-refractivity contribution is 5.47. The van der Waals surface area contributed by atoms with E-state index in [1.165, 1.54) is 19.3 Å². The fraction of sp³-hybridized carbons (Fsp3) is 0.562. The van der Waals surface area contributed by atoms with Crippen molar-refractivity contribution in [2.75, 3.05) is 25.0 Å². The summed E-state index contributed by atoms with van der Waals surface area (Å²) < 4.78 is 7.10. The van der Waals surface area contributed by atoms with Gasteiger partial charge in [0, 0.05) is 25.0 Å². The van der Waals surface area contributed by atoms with Gasteiger partial charge >= 0.3 is 0 Å². The lowest BCUT2D eigenvalue weighted by Crippen LogP contribution is -2.58. The largest absolute Gasteiger partial charge is 0.352 e. The highest BCUT2D eigenvalue weighted by Crippen LogP contribution is 2.35.